The Bertz CT molecular complexity index is 918. The van der Waals surface area contributed by atoms with Gasteiger partial charge in [0.1, 0.15) is 11.6 Å². The number of aromatic nitrogens is 2. The summed E-state index contributed by atoms with van der Waals surface area (Å²) in [6.45, 7) is 0.830. The molecule has 1 amide bonds. The molecule has 0 saturated heterocycles. The monoisotopic (exact) mass is 401 g/mol. The second-order valence-electron chi connectivity index (χ2n) is 6.88. The van der Waals surface area contributed by atoms with Crippen LogP contribution in [0.15, 0.2) is 23.9 Å². The van der Waals surface area contributed by atoms with E-state index in [2.05, 4.69) is 15.3 Å². The Morgan fingerprint density at radius 2 is 2.11 bits per heavy atom. The zero-order chi connectivity index (χ0) is 20.3. The van der Waals surface area contributed by atoms with Crippen molar-refractivity contribution in [1.29, 1.82) is 0 Å². The van der Waals surface area contributed by atoms with E-state index < -0.39 is 0 Å². The molecule has 1 aliphatic rings. The highest BCUT2D eigenvalue weighted by molar-refractivity contribution is 7.16. The van der Waals surface area contributed by atoms with E-state index in [1.807, 2.05) is 19.0 Å². The number of ketones is 1. The molecular weight excluding hydrogens is 378 g/mol. The summed E-state index contributed by atoms with van der Waals surface area (Å²) >= 11 is 1.18. The van der Waals surface area contributed by atoms with Gasteiger partial charge < -0.3 is 21.1 Å². The average molecular weight is 401 g/mol. The summed E-state index contributed by atoms with van der Waals surface area (Å²) < 4.78 is 0. The van der Waals surface area contributed by atoms with Crippen molar-refractivity contribution in [2.24, 2.45) is 0 Å². The van der Waals surface area contributed by atoms with Crippen LogP contribution in [0.5, 0.6) is 0 Å². The van der Waals surface area contributed by atoms with Gasteiger partial charge in [-0.1, -0.05) is 11.3 Å². The summed E-state index contributed by atoms with van der Waals surface area (Å²) in [6, 6.07) is 3.14. The molecule has 3 rings (SSSR count). The topological polar surface area (TPSA) is 121 Å². The van der Waals surface area contributed by atoms with Crippen molar-refractivity contribution in [2.75, 3.05) is 31.7 Å². The molecule has 8 nitrogen and oxygen atoms in total. The summed E-state index contributed by atoms with van der Waals surface area (Å²) in [6.07, 6.45) is 3.46. The van der Waals surface area contributed by atoms with E-state index in [0.717, 1.165) is 13.0 Å². The molecule has 2 aromatic heterocycles. The lowest BCUT2D eigenvalue weighted by molar-refractivity contribution is -0.116. The maximum absolute atomic E-state index is 12.7. The lowest BCUT2D eigenvalue weighted by Crippen LogP contribution is -2.17. The zero-order valence-corrected chi connectivity index (χ0v) is 16.7. The molecule has 4 N–H and O–H groups in total. The number of nitrogens with two attached hydrogens (primary N) is 1. The molecular formula is C19H23N5O3S. The third-order valence-electron chi connectivity index (χ3n) is 4.39. The normalized spacial score (nSPS) is 13.5. The van der Waals surface area contributed by atoms with E-state index in [4.69, 9.17) is 5.73 Å². The number of nitrogens with zero attached hydrogens (tertiary/aromatic N) is 3. The van der Waals surface area contributed by atoms with Crippen LogP contribution in [0.25, 0.3) is 5.76 Å². The molecule has 9 heteroatoms. The molecule has 0 unspecified atom stereocenters. The van der Waals surface area contributed by atoms with Crippen molar-refractivity contribution < 1.29 is 14.7 Å². The molecule has 28 heavy (non-hydrogen) atoms. The first kappa shape index (κ1) is 20.0. The van der Waals surface area contributed by atoms with E-state index in [1.165, 1.54) is 17.5 Å². The smallest absolute Gasteiger partial charge is 0.226 e. The van der Waals surface area contributed by atoms with Crippen molar-refractivity contribution in [2.45, 2.75) is 25.7 Å². The standard InChI is InChI=1S/C19H23N5O3S/c1-24(2)9-3-4-15(25)23-19-22-13-7-6-12(17(27)18(13)28-19)16(26)11-5-8-14(20)21-10-11/h5,8,10,27H,3-4,6-7,9H2,1-2H3,(H2,20,21)(H,22,23,25). The van der Waals surface area contributed by atoms with Gasteiger partial charge in [-0.2, -0.15) is 0 Å². The van der Waals surface area contributed by atoms with Gasteiger partial charge in [0.15, 0.2) is 10.9 Å². The maximum atomic E-state index is 12.7. The number of hydrogen-bond acceptors (Lipinski definition) is 8. The molecule has 1 aliphatic carbocycles. The van der Waals surface area contributed by atoms with Gasteiger partial charge in [0.25, 0.3) is 0 Å². The first-order valence-corrected chi connectivity index (χ1v) is 9.79. The minimum atomic E-state index is -0.279. The largest absolute Gasteiger partial charge is 0.506 e. The number of aliphatic hydroxyl groups is 1. The van der Waals surface area contributed by atoms with Crippen LogP contribution in [-0.2, 0) is 11.2 Å². The number of anilines is 2. The van der Waals surface area contributed by atoms with E-state index in [1.54, 1.807) is 12.1 Å². The van der Waals surface area contributed by atoms with Crippen LogP contribution < -0.4 is 11.1 Å². The van der Waals surface area contributed by atoms with E-state index in [9.17, 15) is 14.7 Å². The van der Waals surface area contributed by atoms with Crippen molar-refractivity contribution >= 4 is 39.7 Å². The fourth-order valence-electron chi connectivity index (χ4n) is 2.93. The number of allylic oxidation sites excluding steroid dienone is 1. The van der Waals surface area contributed by atoms with Gasteiger partial charge in [-0.15, -0.1) is 0 Å². The Morgan fingerprint density at radius 3 is 2.79 bits per heavy atom. The quantitative estimate of drug-likeness (QED) is 0.609. The van der Waals surface area contributed by atoms with Crippen molar-refractivity contribution in [1.82, 2.24) is 14.9 Å². The number of aryl methyl sites for hydroxylation is 1. The van der Waals surface area contributed by atoms with Crippen LogP contribution in [0.3, 0.4) is 0 Å². The third-order valence-corrected chi connectivity index (χ3v) is 5.41. The predicted molar refractivity (Wildman–Crippen MR) is 109 cm³/mol. The van der Waals surface area contributed by atoms with Gasteiger partial charge in [0.05, 0.1) is 10.6 Å². The van der Waals surface area contributed by atoms with Crippen LogP contribution in [-0.4, -0.2) is 52.3 Å². The Labute approximate surface area is 167 Å². The average Bonchev–Trinajstić information content (AvgIpc) is 3.05. The Morgan fingerprint density at radius 1 is 1.32 bits per heavy atom. The number of nitrogens with one attached hydrogen (secondary N) is 1. The Hall–Kier alpha value is -2.78. The molecule has 2 heterocycles. The third kappa shape index (κ3) is 4.55. The minimum absolute atomic E-state index is 0.0753. The molecule has 0 spiro atoms. The molecule has 0 fully saturated rings. The molecule has 0 bridgehead atoms. The number of fused-ring (bicyclic) bond motifs is 1. The number of amides is 1. The zero-order valence-electron chi connectivity index (χ0n) is 15.9. The van der Waals surface area contributed by atoms with Gasteiger partial charge in [-0.05, 0) is 52.0 Å². The molecule has 0 saturated carbocycles. The predicted octanol–water partition coefficient (Wildman–Crippen LogP) is 2.50. The number of Topliss-reactive ketones (excluding diaryl/α,β-unsaturated/α-hetero) is 1. The maximum Gasteiger partial charge on any atom is 0.226 e. The van der Waals surface area contributed by atoms with Crippen molar-refractivity contribution in [3.8, 4) is 0 Å². The number of pyridine rings is 1. The molecule has 0 radical (unpaired) electrons. The van der Waals surface area contributed by atoms with E-state index in [0.29, 0.717) is 51.9 Å². The number of carbonyl (C=O) groups excluding carboxylic acids is 2. The van der Waals surface area contributed by atoms with Crippen LogP contribution in [0.4, 0.5) is 10.9 Å². The first-order chi connectivity index (χ1) is 13.3. The minimum Gasteiger partial charge on any atom is -0.506 e. The van der Waals surface area contributed by atoms with Crippen LogP contribution >= 0.6 is 11.3 Å². The molecule has 2 aromatic rings. The molecule has 0 atom stereocenters. The van der Waals surface area contributed by atoms with Crippen LogP contribution in [0, 0.1) is 0 Å². The van der Waals surface area contributed by atoms with Gasteiger partial charge >= 0.3 is 0 Å². The number of nitrogen functional groups attached to an aromatic ring is 1. The van der Waals surface area contributed by atoms with E-state index >= 15 is 0 Å². The number of rotatable bonds is 7. The van der Waals surface area contributed by atoms with Gasteiger partial charge in [0, 0.05) is 23.8 Å². The summed E-state index contributed by atoms with van der Waals surface area (Å²) in [5, 5.41) is 13.8. The second-order valence-corrected chi connectivity index (χ2v) is 7.88. The number of thiazole rings is 1. The fourth-order valence-corrected chi connectivity index (χ4v) is 3.93. The Kier molecular flexibility index (Phi) is 6.05. The highest BCUT2D eigenvalue weighted by atomic mass is 32.1. The van der Waals surface area contributed by atoms with Crippen LogP contribution in [0.2, 0.25) is 0 Å². The Balaban J connectivity index is 1.73. The second kappa shape index (κ2) is 8.49. The molecule has 0 aliphatic heterocycles. The highest BCUT2D eigenvalue weighted by Crippen LogP contribution is 2.37. The summed E-state index contributed by atoms with van der Waals surface area (Å²) in [4.78, 5) is 35.6. The fraction of sp³-hybridized carbons (Fsp3) is 0.368. The van der Waals surface area contributed by atoms with Gasteiger partial charge in [-0.3, -0.25) is 9.59 Å². The summed E-state index contributed by atoms with van der Waals surface area (Å²) in [5.41, 5.74) is 6.95. The highest BCUT2D eigenvalue weighted by Gasteiger charge is 2.28. The van der Waals surface area contributed by atoms with Crippen molar-refractivity contribution in [3.05, 3.63) is 40.0 Å². The molecule has 0 aromatic carbocycles. The SMILES string of the molecule is CN(C)CCCC(=O)Nc1nc2c(s1)C(O)=C(C(=O)c1ccc(N)nc1)CC2. The van der Waals surface area contributed by atoms with Gasteiger partial charge in [0.2, 0.25) is 5.91 Å². The first-order valence-electron chi connectivity index (χ1n) is 8.98. The molecule has 148 valence electrons. The summed E-state index contributed by atoms with van der Waals surface area (Å²) in [7, 11) is 3.92. The number of hydrogen-bond donors (Lipinski definition) is 3. The van der Waals surface area contributed by atoms with Gasteiger partial charge in [-0.25, -0.2) is 9.97 Å². The van der Waals surface area contributed by atoms with E-state index in [-0.39, 0.29) is 17.4 Å². The lowest BCUT2D eigenvalue weighted by Gasteiger charge is -2.14. The van der Waals surface area contributed by atoms with Crippen molar-refractivity contribution in [3.63, 3.8) is 0 Å². The summed E-state index contributed by atoms with van der Waals surface area (Å²) in [5.74, 6) is -0.137. The number of aliphatic hydroxyl groups excluding tert-OH is 1. The lowest BCUT2D eigenvalue weighted by atomic mass is 9.93. The van der Waals surface area contributed by atoms with Crippen LogP contribution in [0.1, 0.15) is 40.2 Å². The number of carbonyl (C=O) groups is 2.